The molecule has 1 aromatic rings. The third-order valence-corrected chi connectivity index (χ3v) is 2.60. The highest BCUT2D eigenvalue weighted by Gasteiger charge is 2.25. The Kier molecular flexibility index (Phi) is 2.58. The molecule has 0 radical (unpaired) electrons. The fraction of sp³-hybridized carbons (Fsp3) is 0.667. The van der Waals surface area contributed by atoms with Crippen LogP contribution in [0.2, 0.25) is 0 Å². The van der Waals surface area contributed by atoms with E-state index in [1.807, 2.05) is 0 Å². The number of nitrogens with zero attached hydrogens (tertiary/aromatic N) is 4. The number of hydrogen-bond acceptors (Lipinski definition) is 4. The lowest BCUT2D eigenvalue weighted by molar-refractivity contribution is 0.0912. The molecule has 0 unspecified atom stereocenters. The van der Waals surface area contributed by atoms with Crippen molar-refractivity contribution < 1.29 is 4.79 Å². The molecule has 76 valence electrons. The fourth-order valence-electron chi connectivity index (χ4n) is 1.77. The van der Waals surface area contributed by atoms with Gasteiger partial charge in [-0.15, -0.1) is 5.10 Å². The Balaban J connectivity index is 1.84. The van der Waals surface area contributed by atoms with Crippen molar-refractivity contribution in [3.63, 3.8) is 0 Å². The molecular formula is C9H14N4O. The van der Waals surface area contributed by atoms with E-state index >= 15 is 0 Å². The SMILES string of the molecule is CCN1CC(Cn2cc(C=O)nn2)C1. The number of aldehydes is 1. The predicted molar refractivity (Wildman–Crippen MR) is 51.0 cm³/mol. The summed E-state index contributed by atoms with van der Waals surface area (Å²) < 4.78 is 1.75. The average molecular weight is 194 g/mol. The summed E-state index contributed by atoms with van der Waals surface area (Å²) in [4.78, 5) is 12.7. The molecule has 1 fully saturated rings. The highest BCUT2D eigenvalue weighted by molar-refractivity contribution is 5.70. The van der Waals surface area contributed by atoms with Crippen LogP contribution in [0.15, 0.2) is 6.20 Å². The van der Waals surface area contributed by atoms with Crippen LogP contribution in [0.25, 0.3) is 0 Å². The average Bonchev–Trinajstić information content (AvgIpc) is 2.58. The van der Waals surface area contributed by atoms with Gasteiger partial charge in [-0.3, -0.25) is 9.48 Å². The number of carbonyl (C=O) groups is 1. The van der Waals surface area contributed by atoms with Crippen LogP contribution in [-0.2, 0) is 6.54 Å². The Morgan fingerprint density at radius 3 is 3.00 bits per heavy atom. The Hall–Kier alpha value is -1.23. The molecule has 1 saturated heterocycles. The summed E-state index contributed by atoms with van der Waals surface area (Å²) in [6.45, 7) is 6.42. The molecule has 2 rings (SSSR count). The predicted octanol–water partition coefficient (Wildman–Crippen LogP) is 0.0423. The topological polar surface area (TPSA) is 51.0 Å². The maximum absolute atomic E-state index is 10.4. The van der Waals surface area contributed by atoms with Crippen LogP contribution in [-0.4, -0.2) is 45.8 Å². The molecule has 0 bridgehead atoms. The van der Waals surface area contributed by atoms with Crippen molar-refractivity contribution in [3.8, 4) is 0 Å². The zero-order valence-electron chi connectivity index (χ0n) is 8.26. The summed E-state index contributed by atoms with van der Waals surface area (Å²) in [5, 5.41) is 7.59. The minimum absolute atomic E-state index is 0.414. The largest absolute Gasteiger partial charge is 0.303 e. The quantitative estimate of drug-likeness (QED) is 0.635. The molecule has 0 saturated carbocycles. The molecule has 1 aliphatic rings. The lowest BCUT2D eigenvalue weighted by atomic mass is 10.0. The van der Waals surface area contributed by atoms with Gasteiger partial charge in [-0.05, 0) is 6.54 Å². The van der Waals surface area contributed by atoms with Gasteiger partial charge in [0.25, 0.3) is 0 Å². The van der Waals surface area contributed by atoms with Gasteiger partial charge >= 0.3 is 0 Å². The first-order valence-corrected chi connectivity index (χ1v) is 4.89. The number of aromatic nitrogens is 3. The van der Waals surface area contributed by atoms with Crippen LogP contribution in [0.5, 0.6) is 0 Å². The summed E-state index contributed by atoms with van der Waals surface area (Å²) in [6, 6.07) is 0. The van der Waals surface area contributed by atoms with E-state index in [2.05, 4.69) is 22.1 Å². The third kappa shape index (κ3) is 1.82. The van der Waals surface area contributed by atoms with Gasteiger partial charge in [-0.2, -0.15) is 0 Å². The lowest BCUT2D eigenvalue weighted by Crippen LogP contribution is -2.48. The Morgan fingerprint density at radius 2 is 2.43 bits per heavy atom. The summed E-state index contributed by atoms with van der Waals surface area (Å²) in [7, 11) is 0. The third-order valence-electron chi connectivity index (χ3n) is 2.60. The summed E-state index contributed by atoms with van der Waals surface area (Å²) in [5.74, 6) is 0.663. The van der Waals surface area contributed by atoms with Crippen molar-refractivity contribution in [2.45, 2.75) is 13.5 Å². The summed E-state index contributed by atoms with van der Waals surface area (Å²) in [5.41, 5.74) is 0.414. The number of rotatable bonds is 4. The van der Waals surface area contributed by atoms with Gasteiger partial charge in [0.2, 0.25) is 0 Å². The maximum Gasteiger partial charge on any atom is 0.171 e. The number of likely N-dealkylation sites (tertiary alicyclic amines) is 1. The Morgan fingerprint density at radius 1 is 1.64 bits per heavy atom. The second-order valence-electron chi connectivity index (χ2n) is 3.70. The first-order valence-electron chi connectivity index (χ1n) is 4.89. The Bertz CT molecular complexity index is 316. The Labute approximate surface area is 82.7 Å². The van der Waals surface area contributed by atoms with E-state index in [9.17, 15) is 4.79 Å². The minimum Gasteiger partial charge on any atom is -0.303 e. The van der Waals surface area contributed by atoms with E-state index < -0.39 is 0 Å². The molecule has 0 amide bonds. The number of hydrogen-bond donors (Lipinski definition) is 0. The molecular weight excluding hydrogens is 180 g/mol. The molecule has 0 spiro atoms. The van der Waals surface area contributed by atoms with Gasteiger partial charge in [-0.25, -0.2) is 0 Å². The first-order chi connectivity index (χ1) is 6.81. The van der Waals surface area contributed by atoms with E-state index in [-0.39, 0.29) is 0 Å². The summed E-state index contributed by atoms with van der Waals surface area (Å²) >= 11 is 0. The fourth-order valence-corrected chi connectivity index (χ4v) is 1.77. The monoisotopic (exact) mass is 194 g/mol. The van der Waals surface area contributed by atoms with Gasteiger partial charge in [0.1, 0.15) is 5.69 Å². The van der Waals surface area contributed by atoms with Crippen LogP contribution in [0.4, 0.5) is 0 Å². The van der Waals surface area contributed by atoms with E-state index in [0.29, 0.717) is 11.6 Å². The molecule has 1 aromatic heterocycles. The van der Waals surface area contributed by atoms with Gasteiger partial charge in [0, 0.05) is 25.6 Å². The van der Waals surface area contributed by atoms with Crippen LogP contribution >= 0.6 is 0 Å². The smallest absolute Gasteiger partial charge is 0.171 e. The minimum atomic E-state index is 0.414. The zero-order valence-corrected chi connectivity index (χ0v) is 8.26. The van der Waals surface area contributed by atoms with Crippen LogP contribution in [0.3, 0.4) is 0 Å². The molecule has 0 aromatic carbocycles. The van der Waals surface area contributed by atoms with Gasteiger partial charge in [0.15, 0.2) is 6.29 Å². The van der Waals surface area contributed by atoms with Crippen LogP contribution in [0, 0.1) is 5.92 Å². The van der Waals surface area contributed by atoms with Crippen molar-refractivity contribution >= 4 is 6.29 Å². The molecule has 0 aliphatic carbocycles. The highest BCUT2D eigenvalue weighted by Crippen LogP contribution is 2.16. The second-order valence-corrected chi connectivity index (χ2v) is 3.70. The molecule has 14 heavy (non-hydrogen) atoms. The van der Waals surface area contributed by atoms with E-state index in [4.69, 9.17) is 0 Å². The van der Waals surface area contributed by atoms with Crippen molar-refractivity contribution in [2.24, 2.45) is 5.92 Å². The van der Waals surface area contributed by atoms with Gasteiger partial charge in [0.05, 0.1) is 6.20 Å². The maximum atomic E-state index is 10.4. The van der Waals surface area contributed by atoms with E-state index in [1.165, 1.54) is 0 Å². The zero-order chi connectivity index (χ0) is 9.97. The molecule has 5 heteroatoms. The molecule has 0 N–H and O–H groups in total. The molecule has 1 aliphatic heterocycles. The molecule has 5 nitrogen and oxygen atoms in total. The summed E-state index contributed by atoms with van der Waals surface area (Å²) in [6.07, 6.45) is 2.42. The van der Waals surface area contributed by atoms with Gasteiger partial charge in [-0.1, -0.05) is 12.1 Å². The van der Waals surface area contributed by atoms with Crippen molar-refractivity contribution in [3.05, 3.63) is 11.9 Å². The standard InChI is InChI=1S/C9H14N4O/c1-2-12-3-8(4-12)5-13-6-9(7-14)10-11-13/h6-8H,2-5H2,1H3. The first kappa shape index (κ1) is 9.33. The molecule has 0 atom stereocenters. The highest BCUT2D eigenvalue weighted by atomic mass is 16.1. The normalized spacial score (nSPS) is 18.1. The van der Waals surface area contributed by atoms with E-state index in [1.54, 1.807) is 10.9 Å². The number of carbonyl (C=O) groups excluding carboxylic acids is 1. The molecule has 2 heterocycles. The van der Waals surface area contributed by atoms with Crippen molar-refractivity contribution in [1.29, 1.82) is 0 Å². The van der Waals surface area contributed by atoms with Crippen LogP contribution in [0.1, 0.15) is 17.4 Å². The van der Waals surface area contributed by atoms with E-state index in [0.717, 1.165) is 32.5 Å². The second kappa shape index (κ2) is 3.88. The van der Waals surface area contributed by atoms with Gasteiger partial charge < -0.3 is 4.90 Å². The lowest BCUT2D eigenvalue weighted by Gasteiger charge is -2.38. The van der Waals surface area contributed by atoms with Crippen molar-refractivity contribution in [1.82, 2.24) is 19.9 Å². The van der Waals surface area contributed by atoms with Crippen LogP contribution < -0.4 is 0 Å². The van der Waals surface area contributed by atoms with Crippen molar-refractivity contribution in [2.75, 3.05) is 19.6 Å².